The summed E-state index contributed by atoms with van der Waals surface area (Å²) in [5.41, 5.74) is 3.98. The van der Waals surface area contributed by atoms with Crippen LogP contribution in [0.2, 0.25) is 0 Å². The second-order valence-corrected chi connectivity index (χ2v) is 9.21. The van der Waals surface area contributed by atoms with Gasteiger partial charge < -0.3 is 0 Å². The number of hydrogen-bond acceptors (Lipinski definition) is 0. The fourth-order valence-corrected chi connectivity index (χ4v) is 5.45. The first-order valence-electron chi connectivity index (χ1n) is 11.6. The highest BCUT2D eigenvalue weighted by molar-refractivity contribution is 5.64. The Hall–Kier alpha value is -2.29. The van der Waals surface area contributed by atoms with Crippen LogP contribution in [0, 0.1) is 29.3 Å². The van der Waals surface area contributed by atoms with E-state index in [-0.39, 0.29) is 0 Å². The second-order valence-electron chi connectivity index (χ2n) is 9.21. The maximum atomic E-state index is 13.5. The van der Waals surface area contributed by atoms with Crippen LogP contribution in [0.15, 0.2) is 60.7 Å². The van der Waals surface area contributed by atoms with Crippen molar-refractivity contribution in [3.63, 3.8) is 0 Å². The van der Waals surface area contributed by atoms with Gasteiger partial charge in [-0.25, -0.2) is 13.2 Å². The third kappa shape index (κ3) is 5.14. The van der Waals surface area contributed by atoms with Gasteiger partial charge in [0.25, 0.3) is 0 Å². The molecule has 1 fully saturated rings. The van der Waals surface area contributed by atoms with Gasteiger partial charge >= 0.3 is 0 Å². The lowest BCUT2D eigenvalue weighted by molar-refractivity contribution is 0.217. The molecule has 1 unspecified atom stereocenters. The van der Waals surface area contributed by atoms with Crippen molar-refractivity contribution in [2.75, 3.05) is 0 Å². The first-order chi connectivity index (χ1) is 15.0. The molecule has 0 aliphatic heterocycles. The maximum absolute atomic E-state index is 13.5. The lowest BCUT2D eigenvalue weighted by Gasteiger charge is -2.35. The standard InChI is InChI=1S/C28H31F3/c1-2-3-4-19-5-7-20(8-6-19)21-9-11-22(12-10-21)23-13-15-24(16-14-23)25-17-26(29)28(31)27(30)18-25/h2,5,13-18,20-22H,1,3-4,6-12H2. The van der Waals surface area contributed by atoms with Gasteiger partial charge in [-0.05, 0) is 104 Å². The van der Waals surface area contributed by atoms with Crippen LogP contribution in [0.1, 0.15) is 69.3 Å². The molecule has 0 bridgehead atoms. The van der Waals surface area contributed by atoms with Crippen LogP contribution >= 0.6 is 0 Å². The minimum atomic E-state index is -1.42. The number of allylic oxidation sites excluding steroid dienone is 3. The average molecular weight is 425 g/mol. The number of benzene rings is 2. The highest BCUT2D eigenvalue weighted by atomic mass is 19.2. The molecule has 0 amide bonds. The van der Waals surface area contributed by atoms with Gasteiger partial charge in [0.15, 0.2) is 17.5 Å². The number of rotatable bonds is 6. The molecule has 0 nitrogen and oxygen atoms in total. The smallest absolute Gasteiger partial charge is 0.194 e. The van der Waals surface area contributed by atoms with Gasteiger partial charge in [-0.3, -0.25) is 0 Å². The monoisotopic (exact) mass is 424 g/mol. The molecule has 1 atom stereocenters. The van der Waals surface area contributed by atoms with Crippen molar-refractivity contribution < 1.29 is 13.2 Å². The fraction of sp³-hybridized carbons (Fsp3) is 0.429. The van der Waals surface area contributed by atoms with Crippen LogP contribution in [0.5, 0.6) is 0 Å². The van der Waals surface area contributed by atoms with E-state index in [1.54, 1.807) is 5.57 Å². The predicted octanol–water partition coefficient (Wildman–Crippen LogP) is 8.74. The Bertz CT molecular complexity index is 910. The molecule has 164 valence electrons. The number of halogens is 3. The molecule has 31 heavy (non-hydrogen) atoms. The van der Waals surface area contributed by atoms with Gasteiger partial charge in [-0.1, -0.05) is 42.0 Å². The molecular weight excluding hydrogens is 393 g/mol. The Morgan fingerprint density at radius 3 is 2.10 bits per heavy atom. The Morgan fingerprint density at radius 2 is 1.52 bits per heavy atom. The molecule has 0 radical (unpaired) electrons. The van der Waals surface area contributed by atoms with E-state index in [2.05, 4.69) is 24.8 Å². The summed E-state index contributed by atoms with van der Waals surface area (Å²) < 4.78 is 40.3. The van der Waals surface area contributed by atoms with Crippen LogP contribution in [0.4, 0.5) is 13.2 Å². The molecule has 2 aromatic rings. The van der Waals surface area contributed by atoms with Crippen molar-refractivity contribution in [3.05, 3.63) is 83.7 Å². The van der Waals surface area contributed by atoms with Crippen molar-refractivity contribution in [2.45, 2.75) is 63.7 Å². The van der Waals surface area contributed by atoms with Crippen LogP contribution < -0.4 is 0 Å². The van der Waals surface area contributed by atoms with Crippen molar-refractivity contribution in [2.24, 2.45) is 11.8 Å². The fourth-order valence-electron chi connectivity index (χ4n) is 5.45. The Labute approximate surface area is 183 Å². The van der Waals surface area contributed by atoms with Gasteiger partial charge in [0.05, 0.1) is 0 Å². The van der Waals surface area contributed by atoms with Gasteiger partial charge in [0.2, 0.25) is 0 Å². The molecule has 2 aliphatic rings. The molecule has 0 heterocycles. The molecule has 2 aliphatic carbocycles. The van der Waals surface area contributed by atoms with Crippen molar-refractivity contribution in [1.82, 2.24) is 0 Å². The largest absolute Gasteiger partial charge is 0.204 e. The summed E-state index contributed by atoms with van der Waals surface area (Å²) in [5.74, 6) is -1.50. The zero-order valence-corrected chi connectivity index (χ0v) is 18.1. The summed E-state index contributed by atoms with van der Waals surface area (Å²) in [6.45, 7) is 3.82. The van der Waals surface area contributed by atoms with E-state index >= 15 is 0 Å². The molecule has 4 rings (SSSR count). The van der Waals surface area contributed by atoms with Gasteiger partial charge in [-0.15, -0.1) is 6.58 Å². The van der Waals surface area contributed by atoms with Crippen molar-refractivity contribution in [3.8, 4) is 11.1 Å². The Balaban J connectivity index is 1.33. The molecule has 2 aromatic carbocycles. The lowest BCUT2D eigenvalue weighted by atomic mass is 9.70. The summed E-state index contributed by atoms with van der Waals surface area (Å²) in [6, 6.07) is 10.0. The van der Waals surface area contributed by atoms with E-state index in [9.17, 15) is 13.2 Å². The minimum absolute atomic E-state index is 0.365. The van der Waals surface area contributed by atoms with Crippen LogP contribution in [-0.4, -0.2) is 0 Å². The van der Waals surface area contributed by atoms with Crippen LogP contribution in [0.3, 0.4) is 0 Å². The summed E-state index contributed by atoms with van der Waals surface area (Å²) in [4.78, 5) is 0. The quantitative estimate of drug-likeness (QED) is 0.321. The minimum Gasteiger partial charge on any atom is -0.204 e. The molecule has 1 saturated carbocycles. The number of hydrogen-bond donors (Lipinski definition) is 0. The Morgan fingerprint density at radius 1 is 0.839 bits per heavy atom. The summed E-state index contributed by atoms with van der Waals surface area (Å²) >= 11 is 0. The average Bonchev–Trinajstić information content (AvgIpc) is 2.81. The molecule has 0 N–H and O–H groups in total. The summed E-state index contributed by atoms with van der Waals surface area (Å²) in [5, 5.41) is 0. The van der Waals surface area contributed by atoms with Crippen LogP contribution in [-0.2, 0) is 0 Å². The molecule has 0 saturated heterocycles. The van der Waals surface area contributed by atoms with E-state index in [4.69, 9.17) is 0 Å². The predicted molar refractivity (Wildman–Crippen MR) is 121 cm³/mol. The molecule has 0 aromatic heterocycles. The highest BCUT2D eigenvalue weighted by Crippen LogP contribution is 2.43. The van der Waals surface area contributed by atoms with Gasteiger partial charge in [-0.2, -0.15) is 0 Å². The zero-order valence-electron chi connectivity index (χ0n) is 18.1. The SMILES string of the molecule is C=CCCC1=CCC(C2CCC(c3ccc(-c4cc(F)c(F)c(F)c4)cc3)CC2)CC1. The zero-order chi connectivity index (χ0) is 21.8. The first kappa shape index (κ1) is 21.9. The second kappa shape index (κ2) is 9.89. The Kier molecular flexibility index (Phi) is 6.99. The molecule has 3 heteroatoms. The maximum Gasteiger partial charge on any atom is 0.194 e. The molecule has 0 spiro atoms. The first-order valence-corrected chi connectivity index (χ1v) is 11.6. The third-order valence-electron chi connectivity index (χ3n) is 7.35. The third-order valence-corrected chi connectivity index (χ3v) is 7.35. The topological polar surface area (TPSA) is 0 Å². The van der Waals surface area contributed by atoms with E-state index in [0.29, 0.717) is 17.0 Å². The highest BCUT2D eigenvalue weighted by Gasteiger charge is 2.29. The van der Waals surface area contributed by atoms with E-state index in [0.717, 1.165) is 30.4 Å². The van der Waals surface area contributed by atoms with Gasteiger partial charge in [0.1, 0.15) is 0 Å². The van der Waals surface area contributed by atoms with Crippen molar-refractivity contribution in [1.29, 1.82) is 0 Å². The summed E-state index contributed by atoms with van der Waals surface area (Å²) in [6.07, 6.45) is 15.6. The van der Waals surface area contributed by atoms with E-state index in [1.807, 2.05) is 18.2 Å². The van der Waals surface area contributed by atoms with Crippen LogP contribution in [0.25, 0.3) is 11.1 Å². The van der Waals surface area contributed by atoms with Crippen molar-refractivity contribution >= 4 is 0 Å². The van der Waals surface area contributed by atoms with Gasteiger partial charge in [0, 0.05) is 0 Å². The van der Waals surface area contributed by atoms with E-state index < -0.39 is 17.5 Å². The normalized spacial score (nSPS) is 24.0. The summed E-state index contributed by atoms with van der Waals surface area (Å²) in [7, 11) is 0. The molecular formula is C28H31F3. The lowest BCUT2D eigenvalue weighted by Crippen LogP contribution is -2.22. The van der Waals surface area contributed by atoms with E-state index in [1.165, 1.54) is 56.9 Å².